The molecule has 2 atom stereocenters. The van der Waals surface area contributed by atoms with Gasteiger partial charge in [0.2, 0.25) is 5.91 Å². The number of para-hydroxylation sites is 1. The second-order valence-electron chi connectivity index (χ2n) is 6.31. The largest absolute Gasteiger partial charge is 0.492 e. The van der Waals surface area contributed by atoms with Crippen molar-refractivity contribution in [2.45, 2.75) is 13.3 Å². The topological polar surface area (TPSA) is 67.4 Å². The van der Waals surface area contributed by atoms with E-state index in [0.717, 1.165) is 12.2 Å². The summed E-state index contributed by atoms with van der Waals surface area (Å²) in [5.74, 6) is 1.17. The van der Waals surface area contributed by atoms with Crippen LogP contribution >= 0.6 is 0 Å². The van der Waals surface area contributed by atoms with E-state index in [1.54, 1.807) is 24.3 Å². The van der Waals surface area contributed by atoms with E-state index in [2.05, 4.69) is 17.6 Å². The Bertz CT molecular complexity index is 746. The fourth-order valence-corrected chi connectivity index (χ4v) is 2.61. The van der Waals surface area contributed by atoms with Gasteiger partial charge in [-0.3, -0.25) is 9.59 Å². The van der Waals surface area contributed by atoms with E-state index in [1.165, 1.54) is 0 Å². The normalized spacial score (nSPS) is 18.3. The Hall–Kier alpha value is -2.82. The molecule has 25 heavy (non-hydrogen) atoms. The molecule has 5 nitrogen and oxygen atoms in total. The van der Waals surface area contributed by atoms with Crippen molar-refractivity contribution < 1.29 is 14.3 Å². The number of nitrogens with one attached hydrogen (secondary N) is 2. The highest BCUT2D eigenvalue weighted by Gasteiger charge is 2.39. The fraction of sp³-hybridized carbons (Fsp3) is 0.300. The maximum absolute atomic E-state index is 12.2. The minimum atomic E-state index is -0.187. The quantitative estimate of drug-likeness (QED) is 0.762. The Morgan fingerprint density at radius 1 is 1.12 bits per heavy atom. The fourth-order valence-electron chi connectivity index (χ4n) is 2.61. The Morgan fingerprint density at radius 3 is 2.60 bits per heavy atom. The van der Waals surface area contributed by atoms with Crippen LogP contribution in [0.25, 0.3) is 0 Å². The summed E-state index contributed by atoms with van der Waals surface area (Å²) in [6, 6.07) is 16.4. The van der Waals surface area contributed by atoms with E-state index in [-0.39, 0.29) is 17.7 Å². The van der Waals surface area contributed by atoms with Gasteiger partial charge in [-0.25, -0.2) is 0 Å². The van der Waals surface area contributed by atoms with E-state index in [4.69, 9.17) is 4.74 Å². The molecule has 1 aliphatic rings. The first-order valence-electron chi connectivity index (χ1n) is 8.50. The summed E-state index contributed by atoms with van der Waals surface area (Å²) in [4.78, 5) is 24.2. The molecule has 130 valence electrons. The highest BCUT2D eigenvalue weighted by Crippen LogP contribution is 2.38. The number of carbonyl (C=O) groups excluding carboxylic acids is 2. The zero-order chi connectivity index (χ0) is 17.6. The molecule has 0 aliphatic heterocycles. The van der Waals surface area contributed by atoms with Crippen molar-refractivity contribution in [3.8, 4) is 5.75 Å². The lowest BCUT2D eigenvalue weighted by atomic mass is 10.2. The number of carbonyl (C=O) groups is 2. The summed E-state index contributed by atoms with van der Waals surface area (Å²) >= 11 is 0. The monoisotopic (exact) mass is 338 g/mol. The van der Waals surface area contributed by atoms with E-state index in [9.17, 15) is 9.59 Å². The van der Waals surface area contributed by atoms with Gasteiger partial charge in [-0.05, 0) is 42.7 Å². The first-order valence-corrected chi connectivity index (χ1v) is 8.50. The van der Waals surface area contributed by atoms with Crippen molar-refractivity contribution in [1.29, 1.82) is 0 Å². The lowest BCUT2D eigenvalue weighted by Crippen LogP contribution is -2.28. The zero-order valence-corrected chi connectivity index (χ0v) is 14.2. The van der Waals surface area contributed by atoms with Crippen molar-refractivity contribution in [1.82, 2.24) is 5.32 Å². The van der Waals surface area contributed by atoms with Crippen molar-refractivity contribution in [3.63, 3.8) is 0 Å². The predicted molar refractivity (Wildman–Crippen MR) is 96.6 cm³/mol. The molecule has 3 rings (SSSR count). The van der Waals surface area contributed by atoms with Gasteiger partial charge in [0.15, 0.2) is 0 Å². The van der Waals surface area contributed by atoms with E-state index < -0.39 is 0 Å². The second kappa shape index (κ2) is 7.83. The smallest absolute Gasteiger partial charge is 0.251 e. The first kappa shape index (κ1) is 17.0. The van der Waals surface area contributed by atoms with Crippen LogP contribution in [0.3, 0.4) is 0 Å². The molecule has 0 heterocycles. The molecule has 0 bridgehead atoms. The van der Waals surface area contributed by atoms with E-state index in [0.29, 0.717) is 30.3 Å². The van der Waals surface area contributed by atoms with Crippen LogP contribution < -0.4 is 15.4 Å². The maximum atomic E-state index is 12.2. The van der Waals surface area contributed by atoms with Crippen LogP contribution in [-0.2, 0) is 4.79 Å². The van der Waals surface area contributed by atoms with Gasteiger partial charge in [0.1, 0.15) is 12.4 Å². The summed E-state index contributed by atoms with van der Waals surface area (Å²) in [6.45, 7) is 2.86. The standard InChI is InChI=1S/C20H22N2O3/c1-14-12-18(14)20(24)22-16-7-5-6-15(13-16)19(23)21-10-11-25-17-8-3-2-4-9-17/h2-9,13-14,18H,10-12H2,1H3,(H,21,23)(H,22,24)/t14-,18+/m1/s1. The van der Waals surface area contributed by atoms with Crippen LogP contribution in [0.4, 0.5) is 5.69 Å². The first-order chi connectivity index (χ1) is 12.1. The van der Waals surface area contributed by atoms with Gasteiger partial charge in [0.05, 0.1) is 6.54 Å². The minimum absolute atomic E-state index is 0.0290. The number of amides is 2. The van der Waals surface area contributed by atoms with Gasteiger partial charge in [0.25, 0.3) is 5.91 Å². The SMILES string of the molecule is C[C@@H]1C[C@@H]1C(=O)Nc1cccc(C(=O)NCCOc2ccccc2)c1. The van der Waals surface area contributed by atoms with Crippen molar-refractivity contribution in [2.75, 3.05) is 18.5 Å². The number of hydrogen-bond donors (Lipinski definition) is 2. The molecule has 0 aromatic heterocycles. The molecule has 2 amide bonds. The molecule has 2 N–H and O–H groups in total. The van der Waals surface area contributed by atoms with Crippen molar-refractivity contribution >= 4 is 17.5 Å². The molecule has 0 spiro atoms. The minimum Gasteiger partial charge on any atom is -0.492 e. The molecule has 1 aliphatic carbocycles. The molecule has 1 fully saturated rings. The molecular weight excluding hydrogens is 316 g/mol. The van der Waals surface area contributed by atoms with Gasteiger partial charge >= 0.3 is 0 Å². The van der Waals surface area contributed by atoms with Gasteiger partial charge in [-0.2, -0.15) is 0 Å². The van der Waals surface area contributed by atoms with E-state index in [1.807, 2.05) is 30.3 Å². The number of benzene rings is 2. The molecule has 0 saturated heterocycles. The number of ether oxygens (including phenoxy) is 1. The molecule has 5 heteroatoms. The van der Waals surface area contributed by atoms with Crippen LogP contribution in [-0.4, -0.2) is 25.0 Å². The lowest BCUT2D eigenvalue weighted by Gasteiger charge is -2.09. The summed E-state index contributed by atoms with van der Waals surface area (Å²) in [6.07, 6.45) is 0.938. The average molecular weight is 338 g/mol. The second-order valence-corrected chi connectivity index (χ2v) is 6.31. The lowest BCUT2D eigenvalue weighted by molar-refractivity contribution is -0.117. The predicted octanol–water partition coefficient (Wildman–Crippen LogP) is 3.09. The maximum Gasteiger partial charge on any atom is 0.251 e. The van der Waals surface area contributed by atoms with Crippen molar-refractivity contribution in [2.24, 2.45) is 11.8 Å². The third-order valence-electron chi connectivity index (χ3n) is 4.24. The summed E-state index contributed by atoms with van der Waals surface area (Å²) in [7, 11) is 0. The van der Waals surface area contributed by atoms with Crippen LogP contribution in [0, 0.1) is 11.8 Å². The third kappa shape index (κ3) is 4.83. The van der Waals surface area contributed by atoms with Crippen LogP contribution in [0.2, 0.25) is 0 Å². The molecule has 2 aromatic rings. The van der Waals surface area contributed by atoms with Gasteiger partial charge < -0.3 is 15.4 Å². The number of hydrogen-bond acceptors (Lipinski definition) is 3. The van der Waals surface area contributed by atoms with E-state index >= 15 is 0 Å². The van der Waals surface area contributed by atoms with Crippen molar-refractivity contribution in [3.05, 3.63) is 60.2 Å². The Balaban J connectivity index is 1.46. The average Bonchev–Trinajstić information content (AvgIpc) is 3.37. The van der Waals surface area contributed by atoms with Crippen LogP contribution in [0.15, 0.2) is 54.6 Å². The molecule has 0 unspecified atom stereocenters. The molecule has 1 saturated carbocycles. The summed E-state index contributed by atoms with van der Waals surface area (Å²) < 4.78 is 5.54. The Morgan fingerprint density at radius 2 is 1.88 bits per heavy atom. The van der Waals surface area contributed by atoms with Gasteiger partial charge in [-0.15, -0.1) is 0 Å². The van der Waals surface area contributed by atoms with Crippen LogP contribution in [0.5, 0.6) is 5.75 Å². The van der Waals surface area contributed by atoms with Gasteiger partial charge in [-0.1, -0.05) is 31.2 Å². The zero-order valence-electron chi connectivity index (χ0n) is 14.2. The Kier molecular flexibility index (Phi) is 5.33. The van der Waals surface area contributed by atoms with Gasteiger partial charge in [0, 0.05) is 17.2 Å². The summed E-state index contributed by atoms with van der Waals surface area (Å²) in [5.41, 5.74) is 1.17. The highest BCUT2D eigenvalue weighted by molar-refractivity contribution is 5.98. The molecule has 0 radical (unpaired) electrons. The third-order valence-corrected chi connectivity index (χ3v) is 4.24. The van der Waals surface area contributed by atoms with Crippen LogP contribution in [0.1, 0.15) is 23.7 Å². The number of rotatable bonds is 7. The Labute approximate surface area is 147 Å². The highest BCUT2D eigenvalue weighted by atomic mass is 16.5. The molecular formula is C20H22N2O3. The molecule has 2 aromatic carbocycles. The summed E-state index contributed by atoms with van der Waals surface area (Å²) in [5, 5.41) is 5.69. The number of anilines is 1.